The van der Waals surface area contributed by atoms with Crippen molar-refractivity contribution in [1.29, 1.82) is 0 Å². The summed E-state index contributed by atoms with van der Waals surface area (Å²) in [6, 6.07) is 6.69. The van der Waals surface area contributed by atoms with Gasteiger partial charge in [0.2, 0.25) is 0 Å². The number of aliphatic hydroxyl groups is 1. The van der Waals surface area contributed by atoms with Crippen LogP contribution in [0.15, 0.2) is 29.2 Å². The van der Waals surface area contributed by atoms with Gasteiger partial charge in [0.05, 0.1) is 19.8 Å². The molecule has 15 heavy (non-hydrogen) atoms. The Morgan fingerprint density at radius 3 is 2.67 bits per heavy atom. The summed E-state index contributed by atoms with van der Waals surface area (Å²) in [7, 11) is 0. The van der Waals surface area contributed by atoms with Gasteiger partial charge in [-0.1, -0.05) is 12.1 Å². The number of ether oxygens (including phenoxy) is 1. The molecule has 1 aromatic carbocycles. The molecule has 0 bridgehead atoms. The number of hydrogen-bond acceptors (Lipinski definition) is 3. The lowest BCUT2D eigenvalue weighted by molar-refractivity contribution is -0.121. The first kappa shape index (κ1) is 10.9. The van der Waals surface area contributed by atoms with Crippen molar-refractivity contribution in [3.05, 3.63) is 30.1 Å². The topological polar surface area (TPSA) is 29.5 Å². The van der Waals surface area contributed by atoms with Gasteiger partial charge >= 0.3 is 0 Å². The fourth-order valence-electron chi connectivity index (χ4n) is 1.40. The van der Waals surface area contributed by atoms with Crippen LogP contribution >= 0.6 is 11.8 Å². The van der Waals surface area contributed by atoms with Crippen molar-refractivity contribution in [2.24, 2.45) is 5.41 Å². The summed E-state index contributed by atoms with van der Waals surface area (Å²) in [6.45, 7) is 1.25. The van der Waals surface area contributed by atoms with E-state index < -0.39 is 0 Å². The van der Waals surface area contributed by atoms with Crippen LogP contribution in [-0.4, -0.2) is 30.7 Å². The molecule has 4 heteroatoms. The lowest BCUT2D eigenvalue weighted by Gasteiger charge is -2.39. The molecule has 1 saturated heterocycles. The Labute approximate surface area is 92.4 Å². The molecule has 0 amide bonds. The summed E-state index contributed by atoms with van der Waals surface area (Å²) < 4.78 is 18.4. The lowest BCUT2D eigenvalue weighted by Crippen LogP contribution is -2.47. The summed E-state index contributed by atoms with van der Waals surface area (Å²) in [6.07, 6.45) is 0. The smallest absolute Gasteiger partial charge is 0.136 e. The third-order valence-electron chi connectivity index (χ3n) is 2.52. The molecule has 1 heterocycles. The normalized spacial score (nSPS) is 18.5. The van der Waals surface area contributed by atoms with Crippen LogP contribution in [0.4, 0.5) is 4.39 Å². The molecule has 2 rings (SSSR count). The first-order valence-electron chi connectivity index (χ1n) is 4.82. The van der Waals surface area contributed by atoms with Crippen LogP contribution < -0.4 is 0 Å². The maximum absolute atomic E-state index is 13.3. The molecule has 0 aliphatic carbocycles. The molecule has 1 aliphatic heterocycles. The first-order chi connectivity index (χ1) is 7.26. The van der Waals surface area contributed by atoms with E-state index in [1.54, 1.807) is 12.1 Å². The van der Waals surface area contributed by atoms with E-state index in [1.807, 2.05) is 6.07 Å². The molecular weight excluding hydrogens is 215 g/mol. The molecule has 0 aromatic heterocycles. The van der Waals surface area contributed by atoms with Crippen molar-refractivity contribution >= 4 is 11.8 Å². The van der Waals surface area contributed by atoms with Gasteiger partial charge in [-0.15, -0.1) is 11.8 Å². The largest absolute Gasteiger partial charge is 0.396 e. The molecular formula is C11H13FO2S. The minimum Gasteiger partial charge on any atom is -0.396 e. The average molecular weight is 228 g/mol. The third kappa shape index (κ3) is 2.33. The van der Waals surface area contributed by atoms with E-state index in [0.29, 0.717) is 23.9 Å². The molecule has 0 radical (unpaired) electrons. The Morgan fingerprint density at radius 2 is 2.13 bits per heavy atom. The Kier molecular flexibility index (Phi) is 3.29. The number of hydrogen-bond donors (Lipinski definition) is 1. The molecule has 1 fully saturated rings. The second kappa shape index (κ2) is 4.51. The maximum Gasteiger partial charge on any atom is 0.136 e. The van der Waals surface area contributed by atoms with Crippen molar-refractivity contribution in [2.75, 3.05) is 25.6 Å². The van der Waals surface area contributed by atoms with Gasteiger partial charge in [0.15, 0.2) is 0 Å². The van der Waals surface area contributed by atoms with Gasteiger partial charge in [0, 0.05) is 16.1 Å². The van der Waals surface area contributed by atoms with E-state index in [4.69, 9.17) is 4.74 Å². The molecule has 1 aromatic rings. The zero-order valence-electron chi connectivity index (χ0n) is 8.28. The number of benzene rings is 1. The van der Waals surface area contributed by atoms with E-state index in [9.17, 15) is 9.50 Å². The Bertz CT molecular complexity index is 334. The minimum atomic E-state index is -0.198. The van der Waals surface area contributed by atoms with E-state index in [2.05, 4.69) is 0 Å². The Morgan fingerprint density at radius 1 is 1.40 bits per heavy atom. The number of thioether (sulfide) groups is 1. The van der Waals surface area contributed by atoms with Crippen LogP contribution in [0.2, 0.25) is 0 Å². The lowest BCUT2D eigenvalue weighted by atomic mass is 9.90. The van der Waals surface area contributed by atoms with Gasteiger partial charge in [-0.2, -0.15) is 0 Å². The van der Waals surface area contributed by atoms with Crippen molar-refractivity contribution in [3.8, 4) is 0 Å². The average Bonchev–Trinajstić information content (AvgIpc) is 2.19. The van der Waals surface area contributed by atoms with Crippen LogP contribution in [0.3, 0.4) is 0 Å². The van der Waals surface area contributed by atoms with Crippen LogP contribution in [-0.2, 0) is 4.74 Å². The number of rotatable bonds is 4. The van der Waals surface area contributed by atoms with Crippen LogP contribution in [0.5, 0.6) is 0 Å². The fraction of sp³-hybridized carbons (Fsp3) is 0.455. The molecule has 2 nitrogen and oxygen atoms in total. The van der Waals surface area contributed by atoms with Gasteiger partial charge in [-0.3, -0.25) is 0 Å². The molecule has 0 atom stereocenters. The SMILES string of the molecule is OCC1(CSc2ccccc2F)COC1. The highest BCUT2D eigenvalue weighted by Gasteiger charge is 2.38. The second-order valence-corrected chi connectivity index (χ2v) is 4.89. The molecule has 1 aliphatic rings. The van der Waals surface area contributed by atoms with Crippen molar-refractivity contribution in [3.63, 3.8) is 0 Å². The summed E-state index contributed by atoms with van der Waals surface area (Å²) in [5.41, 5.74) is -0.160. The molecule has 1 N–H and O–H groups in total. The summed E-state index contributed by atoms with van der Waals surface area (Å²) in [5, 5.41) is 9.20. The monoisotopic (exact) mass is 228 g/mol. The summed E-state index contributed by atoms with van der Waals surface area (Å²) in [5.74, 6) is 0.501. The molecule has 0 saturated carbocycles. The molecule has 0 spiro atoms. The van der Waals surface area contributed by atoms with Crippen LogP contribution in [0.25, 0.3) is 0 Å². The van der Waals surface area contributed by atoms with Gasteiger partial charge in [-0.25, -0.2) is 4.39 Å². The Hall–Kier alpha value is -0.580. The van der Waals surface area contributed by atoms with Crippen molar-refractivity contribution < 1.29 is 14.2 Å². The quantitative estimate of drug-likeness (QED) is 0.798. The van der Waals surface area contributed by atoms with Crippen LogP contribution in [0, 0.1) is 11.2 Å². The maximum atomic E-state index is 13.3. The third-order valence-corrected chi connectivity index (χ3v) is 3.92. The standard InChI is InChI=1S/C11H13FO2S/c12-9-3-1-2-4-10(9)15-8-11(5-13)6-14-7-11/h1-4,13H,5-8H2. The van der Waals surface area contributed by atoms with Gasteiger partial charge < -0.3 is 9.84 Å². The fourth-order valence-corrected chi connectivity index (χ4v) is 2.50. The second-order valence-electron chi connectivity index (χ2n) is 3.87. The zero-order valence-corrected chi connectivity index (χ0v) is 9.10. The zero-order chi connectivity index (χ0) is 10.7. The summed E-state index contributed by atoms with van der Waals surface area (Å²) in [4.78, 5) is 0.636. The van der Waals surface area contributed by atoms with Crippen molar-refractivity contribution in [2.45, 2.75) is 4.90 Å². The van der Waals surface area contributed by atoms with E-state index >= 15 is 0 Å². The van der Waals surface area contributed by atoms with Gasteiger partial charge in [0.25, 0.3) is 0 Å². The van der Waals surface area contributed by atoms with Gasteiger partial charge in [0.1, 0.15) is 5.82 Å². The predicted octanol–water partition coefficient (Wildman–Crippen LogP) is 1.93. The number of aliphatic hydroxyl groups excluding tert-OH is 1. The van der Waals surface area contributed by atoms with Crippen molar-refractivity contribution in [1.82, 2.24) is 0 Å². The van der Waals surface area contributed by atoms with Gasteiger partial charge in [-0.05, 0) is 12.1 Å². The Balaban J connectivity index is 1.95. The first-order valence-corrected chi connectivity index (χ1v) is 5.80. The van der Waals surface area contributed by atoms with E-state index in [0.717, 1.165) is 0 Å². The highest BCUT2D eigenvalue weighted by molar-refractivity contribution is 7.99. The molecule has 0 unspecified atom stereocenters. The van der Waals surface area contributed by atoms with Crippen LogP contribution in [0.1, 0.15) is 0 Å². The predicted molar refractivity (Wildman–Crippen MR) is 57.5 cm³/mol. The highest BCUT2D eigenvalue weighted by atomic mass is 32.2. The number of halogens is 1. The highest BCUT2D eigenvalue weighted by Crippen LogP contribution is 2.34. The summed E-state index contributed by atoms with van der Waals surface area (Å²) >= 11 is 1.44. The minimum absolute atomic E-state index is 0.106. The molecule has 82 valence electrons. The van der Waals surface area contributed by atoms with E-state index in [-0.39, 0.29) is 17.8 Å². The van der Waals surface area contributed by atoms with E-state index in [1.165, 1.54) is 17.8 Å².